The van der Waals surface area contributed by atoms with Crippen LogP contribution < -0.4 is 11.5 Å². The van der Waals surface area contributed by atoms with Crippen molar-refractivity contribution in [2.24, 2.45) is 5.73 Å². The van der Waals surface area contributed by atoms with E-state index >= 15 is 0 Å². The minimum atomic E-state index is -0.362. The predicted octanol–water partition coefficient (Wildman–Crippen LogP) is 0.969. The second-order valence-electron chi connectivity index (χ2n) is 4.63. The van der Waals surface area contributed by atoms with E-state index in [0.29, 0.717) is 18.2 Å². The molecule has 0 spiro atoms. The molecule has 2 rings (SSSR count). The monoisotopic (exact) mass is 279 g/mol. The van der Waals surface area contributed by atoms with E-state index in [1.807, 2.05) is 30.2 Å². The summed E-state index contributed by atoms with van der Waals surface area (Å²) in [5.74, 6) is 0.727. The highest BCUT2D eigenvalue weighted by molar-refractivity contribution is 7.16. The zero-order chi connectivity index (χ0) is 14.0. The Hall–Kier alpha value is -1.73. The number of carbonyl (C=O) groups excluding carboxylic acids is 1. The molecule has 2 aromatic rings. The van der Waals surface area contributed by atoms with Gasteiger partial charge in [-0.1, -0.05) is 0 Å². The number of anilines is 1. The van der Waals surface area contributed by atoms with E-state index in [2.05, 4.69) is 9.97 Å². The van der Waals surface area contributed by atoms with Gasteiger partial charge in [0.05, 0.1) is 18.5 Å². The Morgan fingerprint density at radius 1 is 1.47 bits per heavy atom. The molecule has 0 radical (unpaired) electrons. The van der Waals surface area contributed by atoms with Gasteiger partial charge in [0.25, 0.3) is 0 Å². The lowest BCUT2D eigenvalue weighted by molar-refractivity contribution is -0.119. The predicted molar refractivity (Wildman–Crippen MR) is 76.6 cm³/mol. The maximum Gasteiger partial charge on any atom is 0.231 e. The van der Waals surface area contributed by atoms with E-state index in [0.717, 1.165) is 10.2 Å². The van der Waals surface area contributed by atoms with Crippen LogP contribution in [0.5, 0.6) is 0 Å². The molecule has 1 amide bonds. The van der Waals surface area contributed by atoms with Gasteiger partial charge in [-0.25, -0.2) is 9.97 Å². The van der Waals surface area contributed by atoms with Crippen molar-refractivity contribution in [3.8, 4) is 0 Å². The summed E-state index contributed by atoms with van der Waals surface area (Å²) in [6.07, 6.45) is 0. The molecule has 0 fully saturated rings. The van der Waals surface area contributed by atoms with Crippen molar-refractivity contribution in [1.82, 2.24) is 14.9 Å². The first-order valence-corrected chi connectivity index (χ1v) is 6.87. The van der Waals surface area contributed by atoms with Gasteiger partial charge in [-0.2, -0.15) is 0 Å². The quantitative estimate of drug-likeness (QED) is 0.849. The number of nitrogens with two attached hydrogens (primary N) is 2. The zero-order valence-electron chi connectivity index (χ0n) is 11.0. The van der Waals surface area contributed by atoms with Crippen molar-refractivity contribution in [2.45, 2.75) is 26.4 Å². The molecule has 6 nitrogen and oxygen atoms in total. The number of primary amides is 1. The molecule has 0 aliphatic heterocycles. The summed E-state index contributed by atoms with van der Waals surface area (Å²) in [6, 6.07) is 2.08. The molecule has 2 aromatic heterocycles. The van der Waals surface area contributed by atoms with Crippen molar-refractivity contribution < 1.29 is 4.79 Å². The molecule has 0 saturated heterocycles. The highest BCUT2D eigenvalue weighted by Gasteiger charge is 2.15. The van der Waals surface area contributed by atoms with Crippen LogP contribution in [0.25, 0.3) is 10.2 Å². The average molecular weight is 279 g/mol. The molecule has 0 aliphatic rings. The molecule has 0 aromatic carbocycles. The molecule has 2 heterocycles. The van der Waals surface area contributed by atoms with Crippen molar-refractivity contribution in [3.05, 3.63) is 17.3 Å². The molecule has 7 heteroatoms. The molecule has 0 bridgehead atoms. The maximum atomic E-state index is 11.1. The third-order valence-electron chi connectivity index (χ3n) is 2.83. The normalized spacial score (nSPS) is 11.6. The Balaban J connectivity index is 2.25. The number of fused-ring (bicyclic) bond motifs is 1. The molecule has 0 unspecified atom stereocenters. The Labute approximate surface area is 115 Å². The molecule has 0 saturated carbocycles. The van der Waals surface area contributed by atoms with Crippen LogP contribution in [0.3, 0.4) is 0 Å². The zero-order valence-corrected chi connectivity index (χ0v) is 11.8. The smallest absolute Gasteiger partial charge is 0.231 e. The van der Waals surface area contributed by atoms with Crippen LogP contribution >= 0.6 is 11.3 Å². The van der Waals surface area contributed by atoms with Crippen LogP contribution in [-0.4, -0.2) is 33.4 Å². The molecule has 102 valence electrons. The Kier molecular flexibility index (Phi) is 3.96. The first kappa shape index (κ1) is 13.7. The lowest BCUT2D eigenvalue weighted by Gasteiger charge is -2.24. The number of aromatic nitrogens is 2. The Morgan fingerprint density at radius 3 is 2.84 bits per heavy atom. The van der Waals surface area contributed by atoms with Gasteiger partial charge in [-0.15, -0.1) is 11.3 Å². The average Bonchev–Trinajstić information content (AvgIpc) is 2.76. The van der Waals surface area contributed by atoms with Gasteiger partial charge in [0, 0.05) is 6.04 Å². The van der Waals surface area contributed by atoms with Crippen LogP contribution in [-0.2, 0) is 11.3 Å². The number of nitrogens with zero attached hydrogens (tertiary/aromatic N) is 3. The van der Waals surface area contributed by atoms with Crippen LogP contribution in [0, 0.1) is 0 Å². The van der Waals surface area contributed by atoms with E-state index < -0.39 is 0 Å². The standard InChI is InChI=1S/C12H17N5OS/c1-7(2)17(5-9(13)18)6-10-15-11(14)8-3-4-19-12(8)16-10/h3-4,7H,5-6H2,1-2H3,(H2,13,18)(H2,14,15,16). The van der Waals surface area contributed by atoms with Gasteiger partial charge in [0.2, 0.25) is 5.91 Å². The first-order valence-electron chi connectivity index (χ1n) is 5.99. The summed E-state index contributed by atoms with van der Waals surface area (Å²) < 4.78 is 0. The van der Waals surface area contributed by atoms with Gasteiger partial charge in [0.1, 0.15) is 16.5 Å². The fourth-order valence-electron chi connectivity index (χ4n) is 1.80. The summed E-state index contributed by atoms with van der Waals surface area (Å²) in [6.45, 7) is 4.63. The molecule has 0 aliphatic carbocycles. The molecule has 4 N–H and O–H groups in total. The van der Waals surface area contributed by atoms with Gasteiger partial charge in [0.15, 0.2) is 0 Å². The van der Waals surface area contributed by atoms with Gasteiger partial charge in [-0.3, -0.25) is 9.69 Å². The number of amides is 1. The number of hydrogen-bond donors (Lipinski definition) is 2. The van der Waals surface area contributed by atoms with E-state index in [1.54, 1.807) is 0 Å². The third-order valence-corrected chi connectivity index (χ3v) is 3.64. The Morgan fingerprint density at radius 2 is 2.21 bits per heavy atom. The first-order chi connectivity index (χ1) is 8.97. The summed E-state index contributed by atoms with van der Waals surface area (Å²) in [4.78, 5) is 22.6. The van der Waals surface area contributed by atoms with Crippen LogP contribution in [0.4, 0.5) is 5.82 Å². The number of rotatable bonds is 5. The number of carbonyl (C=O) groups is 1. The summed E-state index contributed by atoms with van der Waals surface area (Å²) in [7, 11) is 0. The van der Waals surface area contributed by atoms with E-state index in [1.165, 1.54) is 11.3 Å². The van der Waals surface area contributed by atoms with Gasteiger partial charge in [-0.05, 0) is 25.3 Å². The van der Waals surface area contributed by atoms with Crippen molar-refractivity contribution in [3.63, 3.8) is 0 Å². The van der Waals surface area contributed by atoms with Crippen LogP contribution in [0.2, 0.25) is 0 Å². The second-order valence-corrected chi connectivity index (χ2v) is 5.52. The highest BCUT2D eigenvalue weighted by atomic mass is 32.1. The topological polar surface area (TPSA) is 98.1 Å². The maximum absolute atomic E-state index is 11.1. The SMILES string of the molecule is CC(C)N(CC(N)=O)Cc1nc(N)c2ccsc2n1. The fourth-order valence-corrected chi connectivity index (χ4v) is 2.59. The summed E-state index contributed by atoms with van der Waals surface area (Å²) in [5, 5.41) is 2.81. The summed E-state index contributed by atoms with van der Waals surface area (Å²) in [5.41, 5.74) is 11.1. The number of hydrogen-bond acceptors (Lipinski definition) is 6. The van der Waals surface area contributed by atoms with E-state index in [9.17, 15) is 4.79 Å². The highest BCUT2D eigenvalue weighted by Crippen LogP contribution is 2.23. The van der Waals surface area contributed by atoms with Crippen molar-refractivity contribution in [1.29, 1.82) is 0 Å². The number of nitrogen functional groups attached to an aromatic ring is 1. The Bertz CT molecular complexity index is 595. The lowest BCUT2D eigenvalue weighted by Crippen LogP contribution is -2.38. The van der Waals surface area contributed by atoms with Gasteiger partial charge >= 0.3 is 0 Å². The minimum absolute atomic E-state index is 0.177. The largest absolute Gasteiger partial charge is 0.383 e. The lowest BCUT2D eigenvalue weighted by atomic mass is 10.3. The minimum Gasteiger partial charge on any atom is -0.383 e. The number of thiophene rings is 1. The molecular weight excluding hydrogens is 262 g/mol. The molecule has 19 heavy (non-hydrogen) atoms. The molecular formula is C12H17N5OS. The fraction of sp³-hybridized carbons (Fsp3) is 0.417. The van der Waals surface area contributed by atoms with E-state index in [4.69, 9.17) is 11.5 Å². The van der Waals surface area contributed by atoms with E-state index in [-0.39, 0.29) is 18.5 Å². The second kappa shape index (κ2) is 5.50. The van der Waals surface area contributed by atoms with Crippen LogP contribution in [0.15, 0.2) is 11.4 Å². The van der Waals surface area contributed by atoms with Crippen LogP contribution in [0.1, 0.15) is 19.7 Å². The van der Waals surface area contributed by atoms with Gasteiger partial charge < -0.3 is 11.5 Å². The van der Waals surface area contributed by atoms with Crippen molar-refractivity contribution in [2.75, 3.05) is 12.3 Å². The van der Waals surface area contributed by atoms with Crippen molar-refractivity contribution >= 4 is 33.3 Å². The molecule has 0 atom stereocenters. The third kappa shape index (κ3) is 3.18. The summed E-state index contributed by atoms with van der Waals surface area (Å²) >= 11 is 1.52.